The van der Waals surface area contributed by atoms with Crippen molar-refractivity contribution in [2.45, 2.75) is 45.9 Å². The van der Waals surface area contributed by atoms with Crippen LogP contribution in [0.15, 0.2) is 30.9 Å². The monoisotopic (exact) mass is 504 g/mol. The summed E-state index contributed by atoms with van der Waals surface area (Å²) in [6.45, 7) is 5.89. The van der Waals surface area contributed by atoms with Crippen LogP contribution < -0.4 is 0 Å². The largest absolute Gasteiger partial charge is 0.420 e. The zero-order valence-corrected chi connectivity index (χ0v) is 20.3. The Labute approximate surface area is 203 Å². The number of methoxy groups -OCH3 is 1. The van der Waals surface area contributed by atoms with Gasteiger partial charge in [0.05, 0.1) is 23.5 Å². The minimum absolute atomic E-state index is 0.0226. The lowest BCUT2D eigenvalue weighted by Gasteiger charge is -2.22. The van der Waals surface area contributed by atoms with Crippen LogP contribution >= 0.6 is 11.3 Å². The van der Waals surface area contributed by atoms with Crippen LogP contribution in [0.3, 0.4) is 0 Å². The van der Waals surface area contributed by atoms with Crippen molar-refractivity contribution in [1.82, 2.24) is 29.9 Å². The van der Waals surface area contributed by atoms with Gasteiger partial charge in [-0.05, 0) is 30.0 Å². The Balaban J connectivity index is 1.65. The molecule has 1 atom stereocenters. The molecule has 0 bridgehead atoms. The summed E-state index contributed by atoms with van der Waals surface area (Å²) in [6.07, 6.45) is 0.136. The van der Waals surface area contributed by atoms with Crippen molar-refractivity contribution in [3.63, 3.8) is 0 Å². The first-order valence-electron chi connectivity index (χ1n) is 10.8. The summed E-state index contributed by atoms with van der Waals surface area (Å²) >= 11 is 1.45. The van der Waals surface area contributed by atoms with Gasteiger partial charge in [0.2, 0.25) is 0 Å². The number of rotatable bonds is 8. The van der Waals surface area contributed by atoms with E-state index < -0.39 is 17.6 Å². The molecule has 0 amide bonds. The maximum Gasteiger partial charge on any atom is 0.420 e. The Kier molecular flexibility index (Phi) is 6.95. The number of thiazole rings is 1. The smallest absolute Gasteiger partial charge is 0.376 e. The van der Waals surface area contributed by atoms with Crippen LogP contribution in [0.25, 0.3) is 16.2 Å². The zero-order chi connectivity index (χ0) is 25.3. The topological polar surface area (TPSA) is 95.7 Å². The highest BCUT2D eigenvalue weighted by molar-refractivity contribution is 7.18. The van der Waals surface area contributed by atoms with Crippen molar-refractivity contribution in [1.29, 1.82) is 0 Å². The molecule has 35 heavy (non-hydrogen) atoms. The highest BCUT2D eigenvalue weighted by Crippen LogP contribution is 2.36. The van der Waals surface area contributed by atoms with E-state index in [1.54, 1.807) is 13.3 Å². The fraction of sp³-hybridized carbons (Fsp3) is 0.391. The molecule has 4 heterocycles. The fourth-order valence-corrected chi connectivity index (χ4v) is 4.79. The number of alkyl halides is 3. The van der Waals surface area contributed by atoms with Crippen molar-refractivity contribution in [2.75, 3.05) is 7.11 Å². The molecule has 4 aromatic heterocycles. The highest BCUT2D eigenvalue weighted by Gasteiger charge is 2.36. The number of aromatic nitrogens is 6. The van der Waals surface area contributed by atoms with Crippen LogP contribution in [-0.4, -0.2) is 42.8 Å². The lowest BCUT2D eigenvalue weighted by atomic mass is 9.92. The van der Waals surface area contributed by atoms with Gasteiger partial charge in [0.1, 0.15) is 21.7 Å². The third-order valence-electron chi connectivity index (χ3n) is 5.42. The summed E-state index contributed by atoms with van der Waals surface area (Å²) < 4.78 is 46.8. The molecular formula is C23H23F3N6O2S. The van der Waals surface area contributed by atoms with Crippen LogP contribution in [0.5, 0.6) is 0 Å². The van der Waals surface area contributed by atoms with Gasteiger partial charge < -0.3 is 4.74 Å². The number of nitrogens with zero attached hydrogens (tertiary/aromatic N) is 6. The first kappa shape index (κ1) is 24.9. The SMILES string of the molecule is COC(c1c(CC(=O)Cc2cnc(-n3nccn3)c(C(F)(F)F)c2)cnc2sc(C)nc12)C(C)C. The van der Waals surface area contributed by atoms with Gasteiger partial charge in [-0.25, -0.2) is 15.0 Å². The average Bonchev–Trinajstić information content (AvgIpc) is 3.44. The second kappa shape index (κ2) is 9.78. The van der Waals surface area contributed by atoms with E-state index in [1.807, 2.05) is 20.8 Å². The molecule has 8 nitrogen and oxygen atoms in total. The van der Waals surface area contributed by atoms with E-state index in [1.165, 1.54) is 29.9 Å². The summed E-state index contributed by atoms with van der Waals surface area (Å²) in [7, 11) is 1.60. The molecule has 1 unspecified atom stereocenters. The minimum Gasteiger partial charge on any atom is -0.376 e. The fourth-order valence-electron chi connectivity index (χ4n) is 4.01. The van der Waals surface area contributed by atoms with Gasteiger partial charge in [-0.1, -0.05) is 25.2 Å². The molecule has 0 N–H and O–H groups in total. The lowest BCUT2D eigenvalue weighted by molar-refractivity contribution is -0.138. The van der Waals surface area contributed by atoms with Crippen molar-refractivity contribution in [3.05, 3.63) is 58.1 Å². The normalized spacial score (nSPS) is 13.0. The minimum atomic E-state index is -4.69. The molecule has 0 aliphatic rings. The van der Waals surface area contributed by atoms with Crippen molar-refractivity contribution < 1.29 is 22.7 Å². The Hall–Kier alpha value is -3.25. The first-order chi connectivity index (χ1) is 16.6. The number of halogens is 3. The third kappa shape index (κ3) is 5.22. The van der Waals surface area contributed by atoms with Gasteiger partial charge in [0.25, 0.3) is 0 Å². The van der Waals surface area contributed by atoms with Gasteiger partial charge in [-0.3, -0.25) is 4.79 Å². The van der Waals surface area contributed by atoms with Crippen molar-refractivity contribution >= 4 is 27.5 Å². The van der Waals surface area contributed by atoms with Gasteiger partial charge >= 0.3 is 6.18 Å². The van der Waals surface area contributed by atoms with Gasteiger partial charge in [-0.2, -0.15) is 23.4 Å². The predicted molar refractivity (Wildman–Crippen MR) is 123 cm³/mol. The quantitative estimate of drug-likeness (QED) is 0.343. The number of ketones is 1. The number of aryl methyl sites for hydroxylation is 1. The molecule has 0 spiro atoms. The van der Waals surface area contributed by atoms with E-state index in [-0.39, 0.29) is 36.2 Å². The number of hydrogen-bond donors (Lipinski definition) is 0. The third-order valence-corrected chi connectivity index (χ3v) is 6.30. The summed E-state index contributed by atoms with van der Waals surface area (Å²) in [5, 5.41) is 8.31. The number of hydrogen-bond acceptors (Lipinski definition) is 8. The molecule has 0 aromatic carbocycles. The van der Waals surface area contributed by atoms with E-state index >= 15 is 0 Å². The number of fused-ring (bicyclic) bond motifs is 1. The van der Waals surface area contributed by atoms with Crippen molar-refractivity contribution in [3.8, 4) is 5.82 Å². The van der Waals surface area contributed by atoms with Gasteiger partial charge in [0, 0.05) is 37.9 Å². The van der Waals surface area contributed by atoms with E-state index in [2.05, 4.69) is 25.1 Å². The second-order valence-corrected chi connectivity index (χ2v) is 9.59. The highest BCUT2D eigenvalue weighted by atomic mass is 32.1. The molecule has 4 aromatic rings. The Morgan fingerprint density at radius 1 is 1.14 bits per heavy atom. The summed E-state index contributed by atoms with van der Waals surface area (Å²) in [6, 6.07) is 0.918. The number of carbonyl (C=O) groups is 1. The predicted octanol–water partition coefficient (Wildman–Crippen LogP) is 4.69. The van der Waals surface area contributed by atoms with Crippen LogP contribution in [0.2, 0.25) is 0 Å². The molecule has 0 aliphatic carbocycles. The van der Waals surface area contributed by atoms with E-state index in [4.69, 9.17) is 4.74 Å². The molecule has 0 aliphatic heterocycles. The molecule has 12 heteroatoms. The summed E-state index contributed by atoms with van der Waals surface area (Å²) in [5.74, 6) is -0.629. The van der Waals surface area contributed by atoms with Crippen molar-refractivity contribution in [2.24, 2.45) is 5.92 Å². The number of Topliss-reactive ketones (excluding diaryl/α,β-unsaturated/α-hetero) is 1. The Bertz CT molecular complexity index is 1350. The molecule has 0 saturated heterocycles. The van der Waals surface area contributed by atoms with Gasteiger partial charge in [0.15, 0.2) is 5.82 Å². The molecular weight excluding hydrogens is 481 g/mol. The maximum atomic E-state index is 13.7. The van der Waals surface area contributed by atoms with E-state index in [0.717, 1.165) is 26.3 Å². The van der Waals surface area contributed by atoms with Crippen LogP contribution in [0.4, 0.5) is 13.2 Å². The van der Waals surface area contributed by atoms with Gasteiger partial charge in [-0.15, -0.1) is 4.80 Å². The average molecular weight is 505 g/mol. The lowest BCUT2D eigenvalue weighted by Crippen LogP contribution is -2.17. The standard InChI is InChI=1S/C23H23F3N6O2S/c1-12(2)20(34-4)18-15(11-28-22-19(18)31-13(3)35-22)9-16(33)7-14-8-17(23(24,25)26)21(27-10-14)32-29-5-6-30-32/h5-6,8,10-12,20H,7,9H2,1-4H3. The Morgan fingerprint density at radius 3 is 2.49 bits per heavy atom. The maximum absolute atomic E-state index is 13.7. The number of pyridine rings is 2. The molecule has 0 radical (unpaired) electrons. The van der Waals surface area contributed by atoms with E-state index in [0.29, 0.717) is 11.1 Å². The van der Waals surface area contributed by atoms with Crippen LogP contribution in [-0.2, 0) is 28.5 Å². The summed E-state index contributed by atoms with van der Waals surface area (Å²) in [4.78, 5) is 27.5. The van der Waals surface area contributed by atoms with Crippen LogP contribution in [0, 0.1) is 12.8 Å². The zero-order valence-electron chi connectivity index (χ0n) is 19.5. The molecule has 184 valence electrons. The molecule has 0 saturated carbocycles. The Morgan fingerprint density at radius 2 is 1.86 bits per heavy atom. The molecule has 4 rings (SSSR count). The number of carbonyl (C=O) groups excluding carboxylic acids is 1. The molecule has 0 fully saturated rings. The second-order valence-electron chi connectivity index (χ2n) is 8.41. The van der Waals surface area contributed by atoms with Crippen LogP contribution in [0.1, 0.15) is 47.2 Å². The number of ether oxygens (including phenoxy) is 1. The van der Waals surface area contributed by atoms with E-state index in [9.17, 15) is 18.0 Å². The first-order valence-corrected chi connectivity index (χ1v) is 11.6. The summed E-state index contributed by atoms with van der Waals surface area (Å²) in [5.41, 5.74) is 1.26.